The molecular weight excluding hydrogens is 467 g/mol. The Morgan fingerprint density at radius 2 is 1.97 bits per heavy atom. The van der Waals surface area contributed by atoms with Crippen LogP contribution in [0.15, 0.2) is 60.7 Å². The number of benzene rings is 2. The fourth-order valence-corrected chi connectivity index (χ4v) is 4.02. The molecule has 11 heteroatoms. The maximum Gasteiger partial charge on any atom is 0.231 e. The van der Waals surface area contributed by atoms with Gasteiger partial charge in [0.25, 0.3) is 0 Å². The molecular formula is C25H23FN6O4. The number of hydrogen-bond acceptors (Lipinski definition) is 7. The first-order valence-corrected chi connectivity index (χ1v) is 11.3. The lowest BCUT2D eigenvalue weighted by atomic mass is 10.1. The number of anilines is 1. The van der Waals surface area contributed by atoms with Gasteiger partial charge in [-0.3, -0.25) is 9.59 Å². The summed E-state index contributed by atoms with van der Waals surface area (Å²) in [7, 11) is 1.59. The van der Waals surface area contributed by atoms with Crippen LogP contribution in [0.1, 0.15) is 6.42 Å². The number of nitrogens with one attached hydrogen (secondary N) is 1. The van der Waals surface area contributed by atoms with E-state index in [0.29, 0.717) is 28.8 Å². The molecule has 1 aliphatic rings. The van der Waals surface area contributed by atoms with E-state index in [-0.39, 0.29) is 43.7 Å². The van der Waals surface area contributed by atoms with Crippen LogP contribution in [0.3, 0.4) is 0 Å². The lowest BCUT2D eigenvalue weighted by Gasteiger charge is -2.16. The number of halogens is 1. The zero-order valence-corrected chi connectivity index (χ0v) is 19.4. The third-order valence-corrected chi connectivity index (χ3v) is 5.85. The first kappa shape index (κ1) is 23.2. The number of ether oxygens (including phenoxy) is 2. The fraction of sp³-hybridized carbons (Fsp3) is 0.240. The Morgan fingerprint density at radius 3 is 2.78 bits per heavy atom. The Labute approximate surface area is 205 Å². The Bertz CT molecular complexity index is 1410. The molecule has 3 heterocycles. The molecule has 0 radical (unpaired) electrons. The smallest absolute Gasteiger partial charge is 0.231 e. The molecule has 1 fully saturated rings. The summed E-state index contributed by atoms with van der Waals surface area (Å²) < 4.78 is 25.7. The topological polar surface area (TPSA) is 111 Å². The molecule has 1 N–H and O–H groups in total. The largest absolute Gasteiger partial charge is 0.497 e. The van der Waals surface area contributed by atoms with Crippen molar-refractivity contribution >= 4 is 23.1 Å². The molecule has 10 nitrogen and oxygen atoms in total. The van der Waals surface area contributed by atoms with Crippen molar-refractivity contribution < 1.29 is 23.5 Å². The number of aromatic nitrogens is 4. The average Bonchev–Trinajstić information content (AvgIpc) is 3.50. The van der Waals surface area contributed by atoms with E-state index in [9.17, 15) is 14.0 Å². The van der Waals surface area contributed by atoms with E-state index in [1.54, 1.807) is 23.8 Å². The molecule has 2 amide bonds. The summed E-state index contributed by atoms with van der Waals surface area (Å²) in [6.45, 7) is 0.671. The lowest BCUT2D eigenvalue weighted by Crippen LogP contribution is -2.35. The van der Waals surface area contributed by atoms with E-state index in [1.165, 1.54) is 29.2 Å². The molecule has 2 aromatic carbocycles. The quantitative estimate of drug-likeness (QED) is 0.378. The van der Waals surface area contributed by atoms with Gasteiger partial charge in [0.1, 0.15) is 18.2 Å². The first-order valence-electron chi connectivity index (χ1n) is 11.3. The van der Waals surface area contributed by atoms with Crippen molar-refractivity contribution in [2.24, 2.45) is 5.92 Å². The van der Waals surface area contributed by atoms with Gasteiger partial charge in [-0.05, 0) is 42.5 Å². The van der Waals surface area contributed by atoms with Gasteiger partial charge < -0.3 is 19.7 Å². The van der Waals surface area contributed by atoms with Crippen molar-refractivity contribution in [3.8, 4) is 23.0 Å². The number of fused-ring (bicyclic) bond motifs is 1. The van der Waals surface area contributed by atoms with Crippen LogP contribution in [0.2, 0.25) is 0 Å². The standard InChI is InChI=1S/C25H23FN6O4/c1-35-20-4-2-3-16(13-20)24-29-28-21-9-10-22(30-32(21)24)36-12-11-27-25(34)17-14-23(33)31(15-17)19-7-5-18(26)6-8-19/h2-10,13,17H,11-12,14-15H2,1H3,(H,27,34). The highest BCUT2D eigenvalue weighted by Gasteiger charge is 2.35. The van der Waals surface area contributed by atoms with Crippen LogP contribution in [-0.4, -0.2) is 58.4 Å². The highest BCUT2D eigenvalue weighted by molar-refractivity contribution is 6.00. The second kappa shape index (κ2) is 9.98. The van der Waals surface area contributed by atoms with E-state index in [0.717, 1.165) is 5.56 Å². The van der Waals surface area contributed by atoms with Gasteiger partial charge in [-0.2, -0.15) is 4.52 Å². The minimum Gasteiger partial charge on any atom is -0.497 e. The molecule has 1 atom stereocenters. The molecule has 1 saturated heterocycles. The van der Waals surface area contributed by atoms with E-state index < -0.39 is 5.92 Å². The van der Waals surface area contributed by atoms with E-state index in [1.807, 2.05) is 24.3 Å². The van der Waals surface area contributed by atoms with Crippen LogP contribution in [0, 0.1) is 11.7 Å². The molecule has 0 spiro atoms. The SMILES string of the molecule is COc1cccc(-c2nnc3ccc(OCCNC(=O)C4CC(=O)N(c5ccc(F)cc5)C4)nn23)c1. The molecule has 0 saturated carbocycles. The molecule has 4 aromatic rings. The summed E-state index contributed by atoms with van der Waals surface area (Å²) in [5.74, 6) is 0.305. The van der Waals surface area contributed by atoms with Gasteiger partial charge in [-0.1, -0.05) is 12.1 Å². The summed E-state index contributed by atoms with van der Waals surface area (Å²) in [4.78, 5) is 26.4. The predicted molar refractivity (Wildman–Crippen MR) is 128 cm³/mol. The number of carbonyl (C=O) groups excluding carboxylic acids is 2. The molecule has 1 aliphatic heterocycles. The third-order valence-electron chi connectivity index (χ3n) is 5.85. The van der Waals surface area contributed by atoms with Gasteiger partial charge in [0.15, 0.2) is 11.5 Å². The summed E-state index contributed by atoms with van der Waals surface area (Å²) in [6, 6.07) is 16.5. The molecule has 5 rings (SSSR count). The summed E-state index contributed by atoms with van der Waals surface area (Å²) in [5.41, 5.74) is 1.92. The Morgan fingerprint density at radius 1 is 1.14 bits per heavy atom. The second-order valence-electron chi connectivity index (χ2n) is 8.22. The van der Waals surface area contributed by atoms with Crippen LogP contribution < -0.4 is 19.7 Å². The number of amides is 2. The minimum absolute atomic E-state index is 0.100. The van der Waals surface area contributed by atoms with Crippen LogP contribution in [0.4, 0.5) is 10.1 Å². The maximum atomic E-state index is 13.2. The van der Waals surface area contributed by atoms with Gasteiger partial charge in [-0.15, -0.1) is 15.3 Å². The van der Waals surface area contributed by atoms with Gasteiger partial charge in [-0.25, -0.2) is 4.39 Å². The zero-order valence-electron chi connectivity index (χ0n) is 19.4. The monoisotopic (exact) mass is 490 g/mol. The lowest BCUT2D eigenvalue weighted by molar-refractivity contribution is -0.126. The molecule has 1 unspecified atom stereocenters. The second-order valence-corrected chi connectivity index (χ2v) is 8.22. The van der Waals surface area contributed by atoms with Gasteiger partial charge in [0.2, 0.25) is 17.7 Å². The molecule has 0 aliphatic carbocycles. The number of rotatable bonds is 8. The predicted octanol–water partition coefficient (Wildman–Crippen LogP) is 2.49. The van der Waals surface area contributed by atoms with Gasteiger partial charge >= 0.3 is 0 Å². The van der Waals surface area contributed by atoms with Crippen molar-refractivity contribution in [1.82, 2.24) is 25.1 Å². The van der Waals surface area contributed by atoms with Gasteiger partial charge in [0.05, 0.1) is 19.6 Å². The number of hydrogen-bond donors (Lipinski definition) is 1. The van der Waals surface area contributed by atoms with Crippen molar-refractivity contribution in [3.05, 3.63) is 66.5 Å². The van der Waals surface area contributed by atoms with Crippen molar-refractivity contribution in [2.75, 3.05) is 31.7 Å². The highest BCUT2D eigenvalue weighted by atomic mass is 19.1. The summed E-state index contributed by atoms with van der Waals surface area (Å²) in [5, 5.41) is 15.6. The molecule has 184 valence electrons. The molecule has 36 heavy (non-hydrogen) atoms. The Kier molecular flexibility index (Phi) is 6.44. The highest BCUT2D eigenvalue weighted by Crippen LogP contribution is 2.26. The molecule has 0 bridgehead atoms. The van der Waals surface area contributed by atoms with Crippen LogP contribution in [-0.2, 0) is 9.59 Å². The number of methoxy groups -OCH3 is 1. The summed E-state index contributed by atoms with van der Waals surface area (Å²) in [6.07, 6.45) is 0.100. The van der Waals surface area contributed by atoms with Crippen molar-refractivity contribution in [1.29, 1.82) is 0 Å². The van der Waals surface area contributed by atoms with E-state index in [2.05, 4.69) is 20.6 Å². The minimum atomic E-state index is -0.487. The van der Waals surface area contributed by atoms with Crippen LogP contribution in [0.5, 0.6) is 11.6 Å². The third kappa shape index (κ3) is 4.81. The van der Waals surface area contributed by atoms with Crippen LogP contribution in [0.25, 0.3) is 17.0 Å². The van der Waals surface area contributed by atoms with Crippen molar-refractivity contribution in [3.63, 3.8) is 0 Å². The first-order chi connectivity index (χ1) is 17.5. The normalized spacial score (nSPS) is 15.3. The van der Waals surface area contributed by atoms with E-state index >= 15 is 0 Å². The van der Waals surface area contributed by atoms with Crippen LogP contribution >= 0.6 is 0 Å². The Hall–Kier alpha value is -4.54. The van der Waals surface area contributed by atoms with Gasteiger partial charge in [0, 0.05) is 30.3 Å². The van der Waals surface area contributed by atoms with Crippen molar-refractivity contribution in [2.45, 2.75) is 6.42 Å². The van der Waals surface area contributed by atoms with E-state index in [4.69, 9.17) is 9.47 Å². The average molecular weight is 490 g/mol. The maximum absolute atomic E-state index is 13.2. The fourth-order valence-electron chi connectivity index (χ4n) is 4.02. The summed E-state index contributed by atoms with van der Waals surface area (Å²) >= 11 is 0. The number of carbonyl (C=O) groups is 2. The molecule has 2 aromatic heterocycles. The number of nitrogens with zero attached hydrogens (tertiary/aromatic N) is 5. The Balaban J connectivity index is 1.16. The zero-order chi connectivity index (χ0) is 25.1.